The Morgan fingerprint density at radius 3 is 2.73 bits per heavy atom. The number of hydrogen-bond acceptors (Lipinski definition) is 2. The molecule has 1 fully saturated rings. The van der Waals surface area contributed by atoms with Crippen LogP contribution in [0.2, 0.25) is 0 Å². The lowest BCUT2D eigenvalue weighted by atomic mass is 9.87. The van der Waals surface area contributed by atoms with Crippen molar-refractivity contribution in [3.63, 3.8) is 0 Å². The molecular formula is C17H28IN3O. The fourth-order valence-corrected chi connectivity index (χ4v) is 2.94. The van der Waals surface area contributed by atoms with Crippen LogP contribution in [0.15, 0.2) is 29.3 Å². The maximum atomic E-state index is 5.98. The number of nitrogens with one attached hydrogen (secondary N) is 1. The fraction of sp³-hybridized carbons (Fsp3) is 0.588. The van der Waals surface area contributed by atoms with Crippen LogP contribution < -0.4 is 11.1 Å². The van der Waals surface area contributed by atoms with Gasteiger partial charge in [0.2, 0.25) is 0 Å². The first-order valence-electron chi connectivity index (χ1n) is 7.93. The van der Waals surface area contributed by atoms with Crippen molar-refractivity contribution >= 4 is 35.6 Å². The van der Waals surface area contributed by atoms with E-state index in [-0.39, 0.29) is 24.0 Å². The highest BCUT2D eigenvalue weighted by Crippen LogP contribution is 2.26. The third-order valence-electron chi connectivity index (χ3n) is 4.12. The zero-order valence-electron chi connectivity index (χ0n) is 13.4. The molecule has 0 bridgehead atoms. The largest absolute Gasteiger partial charge is 0.380 e. The Hall–Kier alpha value is -0.820. The van der Waals surface area contributed by atoms with Gasteiger partial charge in [0.15, 0.2) is 5.96 Å². The van der Waals surface area contributed by atoms with E-state index < -0.39 is 0 Å². The van der Waals surface area contributed by atoms with Gasteiger partial charge in [-0.2, -0.15) is 0 Å². The van der Waals surface area contributed by atoms with E-state index in [1.54, 1.807) is 7.11 Å². The van der Waals surface area contributed by atoms with Gasteiger partial charge in [-0.25, -0.2) is 0 Å². The maximum Gasteiger partial charge on any atom is 0.193 e. The minimum absolute atomic E-state index is 0. The normalized spacial score (nSPS) is 16.1. The molecule has 5 heteroatoms. The van der Waals surface area contributed by atoms with Gasteiger partial charge >= 0.3 is 0 Å². The van der Waals surface area contributed by atoms with Gasteiger partial charge in [-0.15, -0.1) is 24.0 Å². The summed E-state index contributed by atoms with van der Waals surface area (Å²) in [5, 5.41) is 3.18. The summed E-state index contributed by atoms with van der Waals surface area (Å²) in [7, 11) is 1.69. The highest BCUT2D eigenvalue weighted by molar-refractivity contribution is 14.0. The van der Waals surface area contributed by atoms with Crippen LogP contribution in [0.5, 0.6) is 0 Å². The van der Waals surface area contributed by atoms with E-state index >= 15 is 0 Å². The molecule has 0 heterocycles. The second-order valence-electron chi connectivity index (χ2n) is 5.77. The van der Waals surface area contributed by atoms with Crippen LogP contribution in [-0.2, 0) is 11.3 Å². The van der Waals surface area contributed by atoms with Gasteiger partial charge in [0.25, 0.3) is 0 Å². The second-order valence-corrected chi connectivity index (χ2v) is 5.77. The van der Waals surface area contributed by atoms with E-state index in [1.807, 2.05) is 24.3 Å². The third kappa shape index (κ3) is 6.52. The monoisotopic (exact) mass is 417 g/mol. The van der Waals surface area contributed by atoms with Crippen LogP contribution in [0.3, 0.4) is 0 Å². The number of nitrogens with zero attached hydrogens (tertiary/aromatic N) is 1. The number of halogens is 1. The molecule has 22 heavy (non-hydrogen) atoms. The Morgan fingerprint density at radius 1 is 1.27 bits per heavy atom. The number of nitrogens with two attached hydrogens (primary N) is 1. The molecule has 0 aliphatic heterocycles. The summed E-state index contributed by atoms with van der Waals surface area (Å²) in [5.41, 5.74) is 8.04. The van der Waals surface area contributed by atoms with Gasteiger partial charge in [0.05, 0.1) is 6.61 Å². The molecule has 0 atom stereocenters. The molecule has 1 saturated carbocycles. The summed E-state index contributed by atoms with van der Waals surface area (Å²) in [6.45, 7) is 1.38. The van der Waals surface area contributed by atoms with Gasteiger partial charge in [0, 0.05) is 24.9 Å². The molecule has 2 rings (SSSR count). The molecular weight excluding hydrogens is 389 g/mol. The van der Waals surface area contributed by atoms with E-state index in [2.05, 4.69) is 10.3 Å². The Balaban J connectivity index is 0.00000242. The van der Waals surface area contributed by atoms with Crippen LogP contribution in [-0.4, -0.2) is 19.6 Å². The second kappa shape index (κ2) is 10.8. The highest BCUT2D eigenvalue weighted by Gasteiger charge is 2.12. The summed E-state index contributed by atoms with van der Waals surface area (Å²) >= 11 is 0. The predicted octanol–water partition coefficient (Wildman–Crippen LogP) is 4.15. The van der Waals surface area contributed by atoms with Crippen LogP contribution in [0.1, 0.15) is 44.1 Å². The molecule has 0 saturated heterocycles. The number of guanidine groups is 1. The number of benzene rings is 1. The molecule has 1 aromatic rings. The SMILES string of the molecule is COCc1ccccc1NC(N)=NCCC1CCCCC1.I. The molecule has 0 radical (unpaired) electrons. The van der Waals surface area contributed by atoms with Crippen molar-refractivity contribution in [2.24, 2.45) is 16.6 Å². The number of methoxy groups -OCH3 is 1. The van der Waals surface area contributed by atoms with Gasteiger partial charge in [-0.05, 0) is 18.4 Å². The zero-order valence-corrected chi connectivity index (χ0v) is 15.7. The first-order valence-corrected chi connectivity index (χ1v) is 7.93. The number of aliphatic imine (C=N–C) groups is 1. The zero-order chi connectivity index (χ0) is 14.9. The predicted molar refractivity (Wildman–Crippen MR) is 104 cm³/mol. The molecule has 0 amide bonds. The fourth-order valence-electron chi connectivity index (χ4n) is 2.94. The smallest absolute Gasteiger partial charge is 0.193 e. The average molecular weight is 417 g/mol. The Kier molecular flexibility index (Phi) is 9.47. The lowest BCUT2D eigenvalue weighted by molar-refractivity contribution is 0.185. The molecule has 0 unspecified atom stereocenters. The Labute approximate surface area is 150 Å². The van der Waals surface area contributed by atoms with Crippen LogP contribution in [0.25, 0.3) is 0 Å². The van der Waals surface area contributed by atoms with E-state index in [0.29, 0.717) is 12.6 Å². The molecule has 1 aliphatic rings. The number of hydrogen-bond donors (Lipinski definition) is 2. The average Bonchev–Trinajstić information content (AvgIpc) is 2.50. The quantitative estimate of drug-likeness (QED) is 0.416. The minimum Gasteiger partial charge on any atom is -0.380 e. The molecule has 124 valence electrons. The summed E-state index contributed by atoms with van der Waals surface area (Å²) < 4.78 is 5.19. The van der Waals surface area contributed by atoms with E-state index in [9.17, 15) is 0 Å². The molecule has 4 nitrogen and oxygen atoms in total. The van der Waals surface area contributed by atoms with Crippen molar-refractivity contribution in [3.05, 3.63) is 29.8 Å². The third-order valence-corrected chi connectivity index (χ3v) is 4.12. The maximum absolute atomic E-state index is 5.98. The van der Waals surface area contributed by atoms with Crippen molar-refractivity contribution in [1.82, 2.24) is 0 Å². The summed E-state index contributed by atoms with van der Waals surface area (Å²) in [5.74, 6) is 1.34. The van der Waals surface area contributed by atoms with Gasteiger partial charge in [0.1, 0.15) is 0 Å². The minimum atomic E-state index is 0. The van der Waals surface area contributed by atoms with Crippen LogP contribution in [0, 0.1) is 5.92 Å². The Bertz CT molecular complexity index is 459. The van der Waals surface area contributed by atoms with Crippen LogP contribution >= 0.6 is 24.0 Å². The van der Waals surface area contributed by atoms with Crippen molar-refractivity contribution in [3.8, 4) is 0 Å². The molecule has 0 spiro atoms. The molecule has 1 aliphatic carbocycles. The number of rotatable bonds is 6. The van der Waals surface area contributed by atoms with Crippen molar-refractivity contribution in [1.29, 1.82) is 0 Å². The topological polar surface area (TPSA) is 59.6 Å². The summed E-state index contributed by atoms with van der Waals surface area (Å²) in [6.07, 6.45) is 8.04. The number of para-hydroxylation sites is 1. The number of ether oxygens (including phenoxy) is 1. The number of anilines is 1. The lowest BCUT2D eigenvalue weighted by Crippen LogP contribution is -2.24. The molecule has 1 aromatic carbocycles. The Morgan fingerprint density at radius 2 is 2.00 bits per heavy atom. The van der Waals surface area contributed by atoms with E-state index in [4.69, 9.17) is 10.5 Å². The summed E-state index contributed by atoms with van der Waals surface area (Å²) in [6, 6.07) is 8.01. The molecule has 3 N–H and O–H groups in total. The van der Waals surface area contributed by atoms with Crippen LogP contribution in [0.4, 0.5) is 5.69 Å². The van der Waals surface area contributed by atoms with Crippen molar-refractivity contribution in [2.75, 3.05) is 19.0 Å². The van der Waals surface area contributed by atoms with Gasteiger partial charge in [-0.1, -0.05) is 50.3 Å². The van der Waals surface area contributed by atoms with E-state index in [0.717, 1.165) is 30.1 Å². The highest BCUT2D eigenvalue weighted by atomic mass is 127. The van der Waals surface area contributed by atoms with Crippen molar-refractivity contribution in [2.45, 2.75) is 45.1 Å². The van der Waals surface area contributed by atoms with Crippen molar-refractivity contribution < 1.29 is 4.74 Å². The first kappa shape index (κ1) is 19.2. The van der Waals surface area contributed by atoms with Gasteiger partial charge < -0.3 is 15.8 Å². The van der Waals surface area contributed by atoms with Gasteiger partial charge in [-0.3, -0.25) is 4.99 Å². The lowest BCUT2D eigenvalue weighted by Gasteiger charge is -2.20. The standard InChI is InChI=1S/C17H27N3O.HI/c1-21-13-15-9-5-6-10-16(15)20-17(18)19-12-11-14-7-3-2-4-8-14;/h5-6,9-10,14H,2-4,7-8,11-13H2,1H3,(H3,18,19,20);1H. The molecule has 0 aromatic heterocycles. The van der Waals surface area contributed by atoms with E-state index in [1.165, 1.54) is 32.1 Å². The summed E-state index contributed by atoms with van der Waals surface area (Å²) in [4.78, 5) is 4.46. The first-order chi connectivity index (χ1) is 10.3.